The van der Waals surface area contributed by atoms with Crippen LogP contribution in [0.5, 0.6) is 0 Å². The summed E-state index contributed by atoms with van der Waals surface area (Å²) in [7, 11) is 0. The van der Waals surface area contributed by atoms with Gasteiger partial charge in [-0.3, -0.25) is 4.79 Å². The van der Waals surface area contributed by atoms with Crippen LogP contribution in [0.25, 0.3) is 5.57 Å². The van der Waals surface area contributed by atoms with Crippen molar-refractivity contribution < 1.29 is 18.0 Å². The van der Waals surface area contributed by atoms with Crippen molar-refractivity contribution in [2.45, 2.75) is 32.0 Å². The number of amides is 1. The molecule has 2 aliphatic rings. The highest BCUT2D eigenvalue weighted by Gasteiger charge is 2.35. The number of aromatic nitrogens is 2. The summed E-state index contributed by atoms with van der Waals surface area (Å²) in [5.41, 5.74) is -1.11. The first kappa shape index (κ1) is 22.0. The summed E-state index contributed by atoms with van der Waals surface area (Å²) in [6.45, 7) is 7.03. The largest absolute Gasteiger partial charge is 0.433 e. The lowest BCUT2D eigenvalue weighted by atomic mass is 10.0. The number of piperazine rings is 1. The Morgan fingerprint density at radius 2 is 2.07 bits per heavy atom. The molecule has 0 atom stereocenters. The van der Waals surface area contributed by atoms with Gasteiger partial charge in [0.1, 0.15) is 0 Å². The van der Waals surface area contributed by atoms with Crippen molar-refractivity contribution in [3.63, 3.8) is 0 Å². The van der Waals surface area contributed by atoms with E-state index in [-0.39, 0.29) is 35.2 Å². The molecule has 8 nitrogen and oxygen atoms in total. The van der Waals surface area contributed by atoms with Crippen molar-refractivity contribution in [1.82, 2.24) is 25.5 Å². The van der Waals surface area contributed by atoms with Crippen molar-refractivity contribution in [3.8, 4) is 0 Å². The SMILES string of the molecule is CC1(C)CN(C(=O)CN/C=C(\C=N)c2cc(C(F)(F)F)nc(N3CCC3)n2)CCN1. The molecule has 30 heavy (non-hydrogen) atoms. The summed E-state index contributed by atoms with van der Waals surface area (Å²) < 4.78 is 39.8. The first-order chi connectivity index (χ1) is 14.1. The number of alkyl halides is 3. The first-order valence-electron chi connectivity index (χ1n) is 9.77. The third kappa shape index (κ3) is 5.26. The normalized spacial score (nSPS) is 19.3. The van der Waals surface area contributed by atoms with Gasteiger partial charge in [0.15, 0.2) is 5.69 Å². The average Bonchev–Trinajstić information content (AvgIpc) is 2.62. The Morgan fingerprint density at radius 1 is 1.33 bits per heavy atom. The number of nitrogens with one attached hydrogen (secondary N) is 3. The molecule has 3 heterocycles. The monoisotopic (exact) mass is 425 g/mol. The van der Waals surface area contributed by atoms with Gasteiger partial charge in [-0.1, -0.05) is 0 Å². The topological polar surface area (TPSA) is 97.2 Å². The van der Waals surface area contributed by atoms with Gasteiger partial charge >= 0.3 is 6.18 Å². The molecule has 0 aromatic carbocycles. The Labute approximate surface area is 173 Å². The molecule has 1 aromatic rings. The molecule has 0 aliphatic carbocycles. The maximum atomic E-state index is 13.3. The molecule has 1 amide bonds. The molecule has 3 N–H and O–H groups in total. The Balaban J connectivity index is 1.73. The quantitative estimate of drug-likeness (QED) is 0.598. The molecule has 0 spiro atoms. The van der Waals surface area contributed by atoms with Gasteiger partial charge in [0.05, 0.1) is 12.2 Å². The van der Waals surface area contributed by atoms with Crippen molar-refractivity contribution in [1.29, 1.82) is 5.41 Å². The zero-order chi connectivity index (χ0) is 21.9. The summed E-state index contributed by atoms with van der Waals surface area (Å²) in [6.07, 6.45) is -1.49. The van der Waals surface area contributed by atoms with E-state index >= 15 is 0 Å². The summed E-state index contributed by atoms with van der Waals surface area (Å²) in [5, 5.41) is 13.7. The fourth-order valence-corrected chi connectivity index (χ4v) is 3.29. The van der Waals surface area contributed by atoms with E-state index in [0.29, 0.717) is 32.7 Å². The highest BCUT2D eigenvalue weighted by atomic mass is 19.4. The number of hydrogen-bond acceptors (Lipinski definition) is 7. The average molecular weight is 425 g/mol. The van der Waals surface area contributed by atoms with Crippen LogP contribution >= 0.6 is 0 Å². The maximum absolute atomic E-state index is 13.3. The van der Waals surface area contributed by atoms with Crippen LogP contribution in [-0.4, -0.2) is 71.8 Å². The van der Waals surface area contributed by atoms with Crippen molar-refractivity contribution in [2.24, 2.45) is 0 Å². The number of halogens is 3. The van der Waals surface area contributed by atoms with E-state index in [1.807, 2.05) is 13.8 Å². The van der Waals surface area contributed by atoms with Gasteiger partial charge in [-0.05, 0) is 26.3 Å². The zero-order valence-electron chi connectivity index (χ0n) is 17.0. The molecular weight excluding hydrogens is 399 g/mol. The van der Waals surface area contributed by atoms with Crippen LogP contribution in [0, 0.1) is 5.41 Å². The second-order valence-electron chi connectivity index (χ2n) is 8.03. The van der Waals surface area contributed by atoms with E-state index in [0.717, 1.165) is 18.7 Å². The molecule has 2 saturated heterocycles. The smallest absolute Gasteiger partial charge is 0.382 e. The van der Waals surface area contributed by atoms with Crippen LogP contribution < -0.4 is 15.5 Å². The maximum Gasteiger partial charge on any atom is 0.433 e. The molecule has 2 fully saturated rings. The fraction of sp³-hybridized carbons (Fsp3) is 0.579. The van der Waals surface area contributed by atoms with Crippen LogP contribution in [0.15, 0.2) is 12.3 Å². The predicted octanol–water partition coefficient (Wildman–Crippen LogP) is 1.50. The van der Waals surface area contributed by atoms with E-state index < -0.39 is 11.9 Å². The van der Waals surface area contributed by atoms with Gasteiger partial charge in [0.2, 0.25) is 11.9 Å². The van der Waals surface area contributed by atoms with Gasteiger partial charge < -0.3 is 25.8 Å². The third-order valence-corrected chi connectivity index (χ3v) is 5.03. The predicted molar refractivity (Wildman–Crippen MR) is 107 cm³/mol. The molecule has 164 valence electrons. The van der Waals surface area contributed by atoms with Gasteiger partial charge in [-0.2, -0.15) is 13.2 Å². The zero-order valence-corrected chi connectivity index (χ0v) is 17.0. The Bertz CT molecular complexity index is 834. The van der Waals surface area contributed by atoms with Crippen LogP contribution in [-0.2, 0) is 11.0 Å². The fourth-order valence-electron chi connectivity index (χ4n) is 3.29. The van der Waals surface area contributed by atoms with Gasteiger partial charge in [-0.25, -0.2) is 9.97 Å². The number of rotatable bonds is 6. The Kier molecular flexibility index (Phi) is 6.30. The summed E-state index contributed by atoms with van der Waals surface area (Å²) in [4.78, 5) is 23.6. The van der Waals surface area contributed by atoms with E-state index in [4.69, 9.17) is 5.41 Å². The number of anilines is 1. The molecule has 0 unspecified atom stereocenters. The second kappa shape index (κ2) is 8.58. The van der Waals surface area contributed by atoms with Crippen LogP contribution in [0.3, 0.4) is 0 Å². The molecule has 1 aromatic heterocycles. The van der Waals surface area contributed by atoms with Crippen LogP contribution in [0.1, 0.15) is 31.7 Å². The molecule has 3 rings (SSSR count). The van der Waals surface area contributed by atoms with Gasteiger partial charge in [0.25, 0.3) is 0 Å². The summed E-state index contributed by atoms with van der Waals surface area (Å²) >= 11 is 0. The van der Waals surface area contributed by atoms with Crippen molar-refractivity contribution >= 4 is 23.6 Å². The van der Waals surface area contributed by atoms with Crippen molar-refractivity contribution in [2.75, 3.05) is 44.2 Å². The lowest BCUT2D eigenvalue weighted by molar-refractivity contribution is -0.141. The van der Waals surface area contributed by atoms with E-state index in [1.165, 1.54) is 6.20 Å². The summed E-state index contributed by atoms with van der Waals surface area (Å²) in [6, 6.07) is 0.822. The minimum absolute atomic E-state index is 0.00190. The van der Waals surface area contributed by atoms with Crippen molar-refractivity contribution in [3.05, 3.63) is 23.7 Å². The lowest BCUT2D eigenvalue weighted by Crippen LogP contribution is -2.59. The molecule has 11 heteroatoms. The number of carbonyl (C=O) groups is 1. The minimum atomic E-state index is -4.62. The number of allylic oxidation sites excluding steroid dienone is 1. The highest BCUT2D eigenvalue weighted by molar-refractivity contribution is 6.07. The third-order valence-electron chi connectivity index (χ3n) is 5.03. The van der Waals surface area contributed by atoms with Gasteiger partial charge in [-0.15, -0.1) is 0 Å². The molecule has 0 bridgehead atoms. The van der Waals surface area contributed by atoms with Crippen LogP contribution in [0.4, 0.5) is 19.1 Å². The standard InChI is InChI=1S/C19H26F3N7O/c1-18(2)12-29(7-4-25-18)16(30)11-24-10-13(9-23)14-8-15(19(20,21)22)27-17(26-14)28-5-3-6-28/h8-10,23-25H,3-7,11-12H2,1-2H3/b13-10+,23-9?. The molecule has 0 saturated carbocycles. The van der Waals surface area contributed by atoms with E-state index in [2.05, 4.69) is 20.6 Å². The number of hydrogen-bond donors (Lipinski definition) is 3. The van der Waals surface area contributed by atoms with Gasteiger partial charge in [0, 0.05) is 56.3 Å². The van der Waals surface area contributed by atoms with E-state index in [1.54, 1.807) is 9.80 Å². The number of nitrogens with zero attached hydrogens (tertiary/aromatic N) is 4. The minimum Gasteiger partial charge on any atom is -0.382 e. The molecule has 0 radical (unpaired) electrons. The highest BCUT2D eigenvalue weighted by Crippen LogP contribution is 2.31. The lowest BCUT2D eigenvalue weighted by Gasteiger charge is -2.39. The Morgan fingerprint density at radius 3 is 2.63 bits per heavy atom. The second-order valence-corrected chi connectivity index (χ2v) is 8.03. The molecule has 2 aliphatic heterocycles. The summed E-state index contributed by atoms with van der Waals surface area (Å²) in [5.74, 6) is -0.122. The Hall–Kier alpha value is -2.69. The molecular formula is C19H26F3N7O. The van der Waals surface area contributed by atoms with E-state index in [9.17, 15) is 18.0 Å². The van der Waals surface area contributed by atoms with Crippen LogP contribution in [0.2, 0.25) is 0 Å². The first-order valence-corrected chi connectivity index (χ1v) is 9.77. The number of carbonyl (C=O) groups excluding carboxylic acids is 1.